The monoisotopic (exact) mass is 241 g/mol. The molecule has 3 aromatic rings. The predicted molar refractivity (Wildman–Crippen MR) is 74.9 cm³/mol. The Hall–Kier alpha value is -2.23. The average Bonchev–Trinajstić information content (AvgIpc) is 2.67. The number of H-pyrrole nitrogens is 2. The second-order valence-electron chi connectivity index (χ2n) is 4.89. The van der Waals surface area contributed by atoms with Crippen molar-refractivity contribution in [1.82, 2.24) is 9.97 Å². The average molecular weight is 241 g/mol. The summed E-state index contributed by atoms with van der Waals surface area (Å²) in [7, 11) is 0. The molecule has 0 saturated heterocycles. The number of nitrogens with one attached hydrogen (secondary N) is 2. The molecule has 0 bridgehead atoms. The maximum atomic E-state index is 12.0. The van der Waals surface area contributed by atoms with E-state index in [0.717, 1.165) is 27.5 Å². The summed E-state index contributed by atoms with van der Waals surface area (Å²) in [5.41, 5.74) is 8.78. The number of hydrogen-bond donors (Lipinski definition) is 3. The first kappa shape index (κ1) is 10.9. The summed E-state index contributed by atoms with van der Waals surface area (Å²) in [4.78, 5) is 18.5. The van der Waals surface area contributed by atoms with Crippen molar-refractivity contribution in [2.24, 2.45) is 0 Å². The van der Waals surface area contributed by atoms with Gasteiger partial charge in [-0.15, -0.1) is 0 Å². The lowest BCUT2D eigenvalue weighted by Gasteiger charge is -2.09. The molecule has 0 radical (unpaired) electrons. The van der Waals surface area contributed by atoms with Crippen LogP contribution >= 0.6 is 0 Å². The molecule has 2 aromatic heterocycles. The Morgan fingerprint density at radius 3 is 2.72 bits per heavy atom. The van der Waals surface area contributed by atoms with Crippen LogP contribution in [0.5, 0.6) is 0 Å². The molecule has 0 unspecified atom stereocenters. The van der Waals surface area contributed by atoms with Crippen molar-refractivity contribution in [3.05, 3.63) is 40.2 Å². The van der Waals surface area contributed by atoms with E-state index in [1.165, 1.54) is 0 Å². The highest BCUT2D eigenvalue weighted by Crippen LogP contribution is 2.29. The van der Waals surface area contributed by atoms with E-state index in [-0.39, 0.29) is 5.43 Å². The number of pyridine rings is 1. The van der Waals surface area contributed by atoms with Crippen molar-refractivity contribution < 1.29 is 0 Å². The number of anilines is 1. The summed E-state index contributed by atoms with van der Waals surface area (Å²) in [6.45, 7) is 4.18. The van der Waals surface area contributed by atoms with Gasteiger partial charge >= 0.3 is 0 Å². The third-order valence-electron chi connectivity index (χ3n) is 3.25. The Morgan fingerprint density at radius 2 is 2.00 bits per heavy atom. The molecule has 0 aliphatic rings. The Kier molecular flexibility index (Phi) is 2.20. The quantitative estimate of drug-likeness (QED) is 0.612. The minimum absolute atomic E-state index is 0.0269. The van der Waals surface area contributed by atoms with Gasteiger partial charge in [-0.05, 0) is 24.1 Å². The number of benzene rings is 1. The number of aromatic nitrogens is 2. The van der Waals surface area contributed by atoms with Crippen LogP contribution in [0.2, 0.25) is 0 Å². The van der Waals surface area contributed by atoms with Crippen LogP contribution < -0.4 is 11.2 Å². The van der Waals surface area contributed by atoms with Gasteiger partial charge in [-0.25, -0.2) is 0 Å². The lowest BCUT2D eigenvalue weighted by molar-refractivity contribution is 0.834. The van der Waals surface area contributed by atoms with Gasteiger partial charge in [0, 0.05) is 11.1 Å². The number of rotatable bonds is 1. The highest BCUT2D eigenvalue weighted by Gasteiger charge is 2.13. The molecule has 92 valence electrons. The molecule has 0 aliphatic carbocycles. The second kappa shape index (κ2) is 3.63. The Bertz CT molecular complexity index is 796. The maximum Gasteiger partial charge on any atom is 0.188 e. The molecule has 1 aromatic carbocycles. The van der Waals surface area contributed by atoms with Crippen LogP contribution in [0.15, 0.2) is 29.1 Å². The normalized spacial score (nSPS) is 11.7. The van der Waals surface area contributed by atoms with Crippen LogP contribution in [0.1, 0.15) is 25.5 Å². The van der Waals surface area contributed by atoms with Crippen LogP contribution in [0, 0.1) is 0 Å². The highest BCUT2D eigenvalue weighted by molar-refractivity contribution is 6.08. The predicted octanol–water partition coefficient (Wildman–Crippen LogP) is 2.72. The van der Waals surface area contributed by atoms with E-state index < -0.39 is 0 Å². The van der Waals surface area contributed by atoms with Crippen molar-refractivity contribution in [2.75, 3.05) is 5.73 Å². The fourth-order valence-electron chi connectivity index (χ4n) is 2.44. The molecule has 0 aliphatic heterocycles. The minimum Gasteiger partial charge on any atom is -0.385 e. The molecule has 4 heteroatoms. The molecule has 0 amide bonds. The zero-order chi connectivity index (χ0) is 12.9. The Morgan fingerprint density at radius 1 is 1.22 bits per heavy atom. The van der Waals surface area contributed by atoms with E-state index in [1.54, 1.807) is 12.1 Å². The number of hydrogen-bond acceptors (Lipinski definition) is 2. The van der Waals surface area contributed by atoms with Crippen molar-refractivity contribution in [3.63, 3.8) is 0 Å². The third-order valence-corrected chi connectivity index (χ3v) is 3.25. The van der Waals surface area contributed by atoms with E-state index in [1.807, 2.05) is 12.1 Å². The van der Waals surface area contributed by atoms with Gasteiger partial charge in [-0.2, -0.15) is 0 Å². The van der Waals surface area contributed by atoms with Crippen LogP contribution in [0.25, 0.3) is 21.8 Å². The van der Waals surface area contributed by atoms with Gasteiger partial charge in [0.25, 0.3) is 0 Å². The number of nitrogen functional groups attached to an aromatic ring is 1. The minimum atomic E-state index is 0.0269. The molecule has 2 heterocycles. The molecular weight excluding hydrogens is 226 g/mol. The fourth-order valence-corrected chi connectivity index (χ4v) is 2.44. The van der Waals surface area contributed by atoms with Gasteiger partial charge in [0.05, 0.1) is 16.4 Å². The van der Waals surface area contributed by atoms with E-state index in [4.69, 9.17) is 5.73 Å². The molecular formula is C14H15N3O. The topological polar surface area (TPSA) is 74.7 Å². The lowest BCUT2D eigenvalue weighted by Crippen LogP contribution is -2.00. The summed E-state index contributed by atoms with van der Waals surface area (Å²) in [5, 5.41) is 1.62. The summed E-state index contributed by atoms with van der Waals surface area (Å²) >= 11 is 0. The number of fused-ring (bicyclic) bond motifs is 3. The van der Waals surface area contributed by atoms with Crippen molar-refractivity contribution >= 4 is 27.6 Å². The van der Waals surface area contributed by atoms with Gasteiger partial charge in [-0.3, -0.25) is 4.79 Å². The largest absolute Gasteiger partial charge is 0.385 e. The smallest absolute Gasteiger partial charge is 0.188 e. The molecule has 4 nitrogen and oxygen atoms in total. The Labute approximate surface area is 104 Å². The molecule has 0 spiro atoms. The van der Waals surface area contributed by atoms with Crippen LogP contribution in [0.4, 0.5) is 5.82 Å². The van der Waals surface area contributed by atoms with Gasteiger partial charge in [-0.1, -0.05) is 19.9 Å². The third kappa shape index (κ3) is 1.42. The number of nitrogens with two attached hydrogens (primary N) is 1. The van der Waals surface area contributed by atoms with E-state index in [9.17, 15) is 4.79 Å². The summed E-state index contributed by atoms with van der Waals surface area (Å²) in [6, 6.07) is 7.08. The molecule has 18 heavy (non-hydrogen) atoms. The zero-order valence-electron chi connectivity index (χ0n) is 10.4. The Balaban J connectivity index is 2.59. The maximum absolute atomic E-state index is 12.0. The van der Waals surface area contributed by atoms with E-state index in [2.05, 4.69) is 23.8 Å². The van der Waals surface area contributed by atoms with Crippen LogP contribution in [-0.4, -0.2) is 9.97 Å². The van der Waals surface area contributed by atoms with Gasteiger partial charge in [0.2, 0.25) is 0 Å². The van der Waals surface area contributed by atoms with Crippen LogP contribution in [-0.2, 0) is 0 Å². The van der Waals surface area contributed by atoms with Crippen molar-refractivity contribution in [3.8, 4) is 0 Å². The lowest BCUT2D eigenvalue weighted by atomic mass is 10.1. The first-order valence-corrected chi connectivity index (χ1v) is 6.01. The summed E-state index contributed by atoms with van der Waals surface area (Å²) in [6.07, 6.45) is 0. The molecule has 3 rings (SSSR count). The van der Waals surface area contributed by atoms with E-state index >= 15 is 0 Å². The standard InChI is InChI=1S/C14H15N3O/c1-7(2)13-14-8(6-11(15)17-13)12-9(16-14)4-3-5-10(12)18/h3-7,16-17H,15H2,1-2H3. The van der Waals surface area contributed by atoms with Gasteiger partial charge < -0.3 is 15.7 Å². The highest BCUT2D eigenvalue weighted by atomic mass is 16.1. The second-order valence-corrected chi connectivity index (χ2v) is 4.89. The molecule has 0 atom stereocenters. The molecule has 0 saturated carbocycles. The molecule has 0 fully saturated rings. The van der Waals surface area contributed by atoms with Gasteiger partial charge in [0.15, 0.2) is 5.43 Å². The van der Waals surface area contributed by atoms with Crippen molar-refractivity contribution in [1.29, 1.82) is 0 Å². The molecule has 4 N–H and O–H groups in total. The zero-order valence-corrected chi connectivity index (χ0v) is 10.4. The van der Waals surface area contributed by atoms with Crippen molar-refractivity contribution in [2.45, 2.75) is 19.8 Å². The van der Waals surface area contributed by atoms with E-state index in [0.29, 0.717) is 11.7 Å². The first-order chi connectivity index (χ1) is 8.58. The fraction of sp³-hybridized carbons (Fsp3) is 0.214. The first-order valence-electron chi connectivity index (χ1n) is 6.01. The summed E-state index contributed by atoms with van der Waals surface area (Å²) in [5.74, 6) is 0.884. The summed E-state index contributed by atoms with van der Waals surface area (Å²) < 4.78 is 0. The number of aromatic amines is 2. The SMILES string of the molecule is CC(C)c1[nH]c(N)cc2c1[nH]c1cccc(=O)c12. The van der Waals surface area contributed by atoms with Crippen LogP contribution in [0.3, 0.4) is 0 Å². The van der Waals surface area contributed by atoms with Gasteiger partial charge in [0.1, 0.15) is 5.82 Å².